The van der Waals surface area contributed by atoms with Crippen molar-refractivity contribution in [1.29, 1.82) is 0 Å². The lowest BCUT2D eigenvalue weighted by Crippen LogP contribution is -2.32. The molecule has 1 unspecified atom stereocenters. The first-order valence-corrected chi connectivity index (χ1v) is 7.48. The maximum Gasteiger partial charge on any atom is 0.146 e. The molecule has 1 saturated heterocycles. The molecule has 0 saturated carbocycles. The normalized spacial score (nSPS) is 19.1. The van der Waals surface area contributed by atoms with Crippen molar-refractivity contribution in [2.75, 3.05) is 24.6 Å². The van der Waals surface area contributed by atoms with Gasteiger partial charge in [0.2, 0.25) is 0 Å². The Morgan fingerprint density at radius 3 is 2.90 bits per heavy atom. The number of hydrogen-bond acceptors (Lipinski definition) is 3. The van der Waals surface area contributed by atoms with Crippen LogP contribution in [0.3, 0.4) is 0 Å². The van der Waals surface area contributed by atoms with Crippen LogP contribution in [-0.2, 0) is 6.54 Å². The number of anilines is 1. The number of hydrogen-bond donors (Lipinski definition) is 2. The van der Waals surface area contributed by atoms with Crippen LogP contribution in [-0.4, -0.2) is 30.8 Å². The van der Waals surface area contributed by atoms with Crippen LogP contribution in [0, 0.1) is 11.7 Å². The fourth-order valence-electron chi connectivity index (χ4n) is 2.74. The van der Waals surface area contributed by atoms with Crippen molar-refractivity contribution in [2.24, 2.45) is 5.92 Å². The molecule has 1 aromatic rings. The molecule has 0 bridgehead atoms. The van der Waals surface area contributed by atoms with Crippen LogP contribution in [0.15, 0.2) is 18.2 Å². The molecule has 0 radical (unpaired) electrons. The molecule has 2 rings (SSSR count). The van der Waals surface area contributed by atoms with E-state index in [9.17, 15) is 9.50 Å². The molecule has 1 atom stereocenters. The number of nitrogens with zero attached hydrogens (tertiary/aromatic N) is 1. The third kappa shape index (κ3) is 3.70. The largest absolute Gasteiger partial charge is 0.394 e. The molecule has 0 spiro atoms. The highest BCUT2D eigenvalue weighted by atomic mass is 19.1. The zero-order chi connectivity index (χ0) is 14.5. The maximum absolute atomic E-state index is 14.2. The predicted molar refractivity (Wildman–Crippen MR) is 80.4 cm³/mol. The lowest BCUT2D eigenvalue weighted by molar-refractivity contribution is 0.266. The van der Waals surface area contributed by atoms with Gasteiger partial charge in [-0.05, 0) is 43.0 Å². The molecule has 0 amide bonds. The van der Waals surface area contributed by atoms with Crippen LogP contribution >= 0.6 is 0 Å². The van der Waals surface area contributed by atoms with E-state index in [-0.39, 0.29) is 18.5 Å². The van der Waals surface area contributed by atoms with Gasteiger partial charge in [0.1, 0.15) is 5.82 Å². The Hall–Kier alpha value is -1.13. The Kier molecular flexibility index (Phi) is 5.38. The molecule has 2 N–H and O–H groups in total. The van der Waals surface area contributed by atoms with E-state index in [0.29, 0.717) is 18.2 Å². The molecule has 1 fully saturated rings. The minimum atomic E-state index is -0.186. The second-order valence-electron chi connectivity index (χ2n) is 5.98. The topological polar surface area (TPSA) is 35.5 Å². The van der Waals surface area contributed by atoms with Crippen molar-refractivity contribution in [3.8, 4) is 0 Å². The number of halogens is 1. The van der Waals surface area contributed by atoms with E-state index in [4.69, 9.17) is 0 Å². The first kappa shape index (κ1) is 15.3. The van der Waals surface area contributed by atoms with E-state index < -0.39 is 0 Å². The van der Waals surface area contributed by atoms with Gasteiger partial charge in [-0.15, -0.1) is 0 Å². The summed E-state index contributed by atoms with van der Waals surface area (Å²) < 4.78 is 14.2. The number of aliphatic hydroxyl groups is 1. The lowest BCUT2D eigenvalue weighted by Gasteiger charge is -2.26. The molecule has 1 heterocycles. The van der Waals surface area contributed by atoms with Crippen LogP contribution in [0.1, 0.15) is 32.3 Å². The van der Waals surface area contributed by atoms with Gasteiger partial charge < -0.3 is 15.3 Å². The summed E-state index contributed by atoms with van der Waals surface area (Å²) in [5.74, 6) is 0.406. The minimum Gasteiger partial charge on any atom is -0.394 e. The van der Waals surface area contributed by atoms with Gasteiger partial charge in [0.15, 0.2) is 0 Å². The summed E-state index contributed by atoms with van der Waals surface area (Å²) in [5, 5.41) is 12.7. The van der Waals surface area contributed by atoms with E-state index in [1.54, 1.807) is 6.07 Å². The molecule has 0 aromatic heterocycles. The predicted octanol–water partition coefficient (Wildman–Crippen LogP) is 2.53. The van der Waals surface area contributed by atoms with Crippen LogP contribution in [0.25, 0.3) is 0 Å². The molecule has 20 heavy (non-hydrogen) atoms. The Labute approximate surface area is 120 Å². The van der Waals surface area contributed by atoms with Gasteiger partial charge in [0.05, 0.1) is 18.3 Å². The summed E-state index contributed by atoms with van der Waals surface area (Å²) in [7, 11) is 0. The average molecular weight is 280 g/mol. The highest BCUT2D eigenvalue weighted by Gasteiger charge is 2.25. The van der Waals surface area contributed by atoms with E-state index in [1.165, 1.54) is 0 Å². The number of nitrogens with one attached hydrogen (secondary N) is 1. The van der Waals surface area contributed by atoms with E-state index in [0.717, 1.165) is 31.5 Å². The van der Waals surface area contributed by atoms with Crippen LogP contribution in [0.2, 0.25) is 0 Å². The summed E-state index contributed by atoms with van der Waals surface area (Å²) in [6, 6.07) is 5.48. The Balaban J connectivity index is 2.02. The van der Waals surface area contributed by atoms with Crippen molar-refractivity contribution in [1.82, 2.24) is 5.32 Å². The highest BCUT2D eigenvalue weighted by Crippen LogP contribution is 2.28. The van der Waals surface area contributed by atoms with Crippen molar-refractivity contribution in [2.45, 2.75) is 39.3 Å². The number of rotatable bonds is 6. The van der Waals surface area contributed by atoms with Gasteiger partial charge >= 0.3 is 0 Å². The van der Waals surface area contributed by atoms with Crippen molar-refractivity contribution in [3.63, 3.8) is 0 Å². The van der Waals surface area contributed by atoms with Crippen molar-refractivity contribution >= 4 is 5.69 Å². The van der Waals surface area contributed by atoms with Gasteiger partial charge in [-0.1, -0.05) is 19.9 Å². The molecule has 0 aliphatic carbocycles. The Bertz CT molecular complexity index is 436. The van der Waals surface area contributed by atoms with Gasteiger partial charge in [-0.25, -0.2) is 4.39 Å². The Morgan fingerprint density at radius 2 is 2.25 bits per heavy atom. The summed E-state index contributed by atoms with van der Waals surface area (Å²) in [6.45, 7) is 6.85. The fraction of sp³-hybridized carbons (Fsp3) is 0.625. The molecular formula is C16H25FN2O. The quantitative estimate of drug-likeness (QED) is 0.840. The van der Waals surface area contributed by atoms with Crippen LogP contribution in [0.4, 0.5) is 10.1 Å². The second kappa shape index (κ2) is 7.04. The van der Waals surface area contributed by atoms with E-state index in [1.807, 2.05) is 17.0 Å². The van der Waals surface area contributed by atoms with Gasteiger partial charge in [0.25, 0.3) is 0 Å². The van der Waals surface area contributed by atoms with Crippen molar-refractivity contribution in [3.05, 3.63) is 29.6 Å². The van der Waals surface area contributed by atoms with Crippen LogP contribution in [0.5, 0.6) is 0 Å². The van der Waals surface area contributed by atoms with Crippen molar-refractivity contribution < 1.29 is 9.50 Å². The zero-order valence-corrected chi connectivity index (χ0v) is 12.4. The summed E-state index contributed by atoms with van der Waals surface area (Å²) in [4.78, 5) is 1.99. The Morgan fingerprint density at radius 1 is 1.45 bits per heavy atom. The van der Waals surface area contributed by atoms with Gasteiger partial charge in [-0.3, -0.25) is 0 Å². The molecule has 1 aliphatic heterocycles. The fourth-order valence-corrected chi connectivity index (χ4v) is 2.74. The molecule has 3 nitrogen and oxygen atoms in total. The average Bonchev–Trinajstić information content (AvgIpc) is 2.86. The monoisotopic (exact) mass is 280 g/mol. The molecule has 1 aromatic carbocycles. The molecule has 4 heteroatoms. The van der Waals surface area contributed by atoms with E-state index >= 15 is 0 Å². The van der Waals surface area contributed by atoms with Crippen LogP contribution < -0.4 is 10.2 Å². The van der Waals surface area contributed by atoms with E-state index in [2.05, 4.69) is 19.2 Å². The SMILES string of the molecule is CC(C)CNCc1ccc(N2CCCC2CO)c(F)c1. The van der Waals surface area contributed by atoms with Gasteiger partial charge in [-0.2, -0.15) is 0 Å². The lowest BCUT2D eigenvalue weighted by atomic mass is 10.1. The minimum absolute atomic E-state index is 0.0643. The summed E-state index contributed by atoms with van der Waals surface area (Å²) in [5.41, 5.74) is 1.58. The van der Waals surface area contributed by atoms with Gasteiger partial charge in [0, 0.05) is 13.1 Å². The summed E-state index contributed by atoms with van der Waals surface area (Å²) in [6.07, 6.45) is 1.95. The molecule has 1 aliphatic rings. The zero-order valence-electron chi connectivity index (χ0n) is 12.4. The number of benzene rings is 1. The molecule has 112 valence electrons. The first-order valence-electron chi connectivity index (χ1n) is 7.48. The standard InChI is InChI=1S/C16H25FN2O/c1-12(2)9-18-10-13-5-6-16(15(17)8-13)19-7-3-4-14(19)11-20/h5-6,8,12,14,18,20H,3-4,7,9-11H2,1-2H3. The third-order valence-electron chi connectivity index (χ3n) is 3.79. The highest BCUT2D eigenvalue weighted by molar-refractivity contribution is 5.51. The maximum atomic E-state index is 14.2. The first-order chi connectivity index (χ1) is 9.61. The smallest absolute Gasteiger partial charge is 0.146 e. The third-order valence-corrected chi connectivity index (χ3v) is 3.79. The number of aliphatic hydroxyl groups excluding tert-OH is 1. The second-order valence-corrected chi connectivity index (χ2v) is 5.98. The molecular weight excluding hydrogens is 255 g/mol. The summed E-state index contributed by atoms with van der Waals surface area (Å²) >= 11 is 0.